The molecule has 2 amide bonds. The van der Waals surface area contributed by atoms with E-state index in [0.29, 0.717) is 62.8 Å². The highest BCUT2D eigenvalue weighted by Gasteiger charge is 2.50. The first-order chi connectivity index (χ1) is 21.7. The molecule has 4 unspecified atom stereocenters. The number of halogens is 1. The Balaban J connectivity index is 1.34. The molecule has 4 aromatic rings. The smallest absolute Gasteiger partial charge is 0.339 e. The third-order valence-electron chi connectivity index (χ3n) is 9.15. The van der Waals surface area contributed by atoms with Gasteiger partial charge in [0.05, 0.1) is 34.3 Å². The van der Waals surface area contributed by atoms with Gasteiger partial charge in [-0.2, -0.15) is 0 Å². The number of imide groups is 1. The van der Waals surface area contributed by atoms with Gasteiger partial charge in [0.2, 0.25) is 17.6 Å². The zero-order chi connectivity index (χ0) is 31.8. The lowest BCUT2D eigenvalue weighted by molar-refractivity contribution is -0.122. The first kappa shape index (κ1) is 30.7. The van der Waals surface area contributed by atoms with Crippen LogP contribution in [0, 0.1) is 24.7 Å². The molecule has 0 radical (unpaired) electrons. The van der Waals surface area contributed by atoms with Crippen LogP contribution in [0.15, 0.2) is 72.8 Å². The summed E-state index contributed by atoms with van der Waals surface area (Å²) in [4.78, 5) is 59.8. The van der Waals surface area contributed by atoms with Crippen LogP contribution in [0.1, 0.15) is 72.2 Å². The first-order valence-corrected chi connectivity index (χ1v) is 15.9. The van der Waals surface area contributed by atoms with E-state index in [2.05, 4.69) is 6.92 Å². The van der Waals surface area contributed by atoms with Crippen molar-refractivity contribution in [1.82, 2.24) is 4.98 Å². The zero-order valence-electron chi connectivity index (χ0n) is 25.6. The lowest BCUT2D eigenvalue weighted by atomic mass is 9.76. The summed E-state index contributed by atoms with van der Waals surface area (Å²) in [5.74, 6) is -1.22. The molecule has 230 valence electrons. The number of amides is 2. The van der Waals surface area contributed by atoms with Crippen molar-refractivity contribution in [3.8, 4) is 11.3 Å². The van der Waals surface area contributed by atoms with E-state index in [1.54, 1.807) is 66.7 Å². The fraction of sp³-hybridized carbons (Fsp3) is 0.324. The Morgan fingerprint density at radius 3 is 2.40 bits per heavy atom. The monoisotopic (exact) mass is 622 g/mol. The highest BCUT2D eigenvalue weighted by molar-refractivity contribution is 6.32. The van der Waals surface area contributed by atoms with Crippen molar-refractivity contribution in [3.63, 3.8) is 0 Å². The molecule has 1 aliphatic carbocycles. The number of aryl methyl sites for hydroxylation is 1. The second kappa shape index (κ2) is 12.6. The molecule has 1 saturated carbocycles. The van der Waals surface area contributed by atoms with Crippen LogP contribution in [-0.2, 0) is 14.3 Å². The summed E-state index contributed by atoms with van der Waals surface area (Å²) in [6.07, 6.45) is 2.53. The number of ketones is 1. The largest absolute Gasteiger partial charge is 0.450 e. The Morgan fingerprint density at radius 2 is 1.69 bits per heavy atom. The number of ether oxygens (including phenoxy) is 1. The summed E-state index contributed by atoms with van der Waals surface area (Å²) in [5.41, 5.74) is 3.70. The third-order valence-corrected chi connectivity index (χ3v) is 9.56. The average Bonchev–Trinajstić information content (AvgIpc) is 3.30. The summed E-state index contributed by atoms with van der Waals surface area (Å²) >= 11 is 6.46. The minimum atomic E-state index is -0.938. The van der Waals surface area contributed by atoms with Crippen molar-refractivity contribution in [1.29, 1.82) is 0 Å². The van der Waals surface area contributed by atoms with E-state index >= 15 is 0 Å². The second-order valence-electron chi connectivity index (χ2n) is 12.2. The summed E-state index contributed by atoms with van der Waals surface area (Å²) in [5, 5.41) is 1.07. The SMILES string of the molecule is CCCC(OC(=O)c1cc(-c2ccc(N3C(=O)C4CCC(C)CC4C3=O)cc2)nc2c(C)c(Cl)ccc12)C(=O)c1ccccc1. The Kier molecular flexibility index (Phi) is 8.56. The van der Waals surface area contributed by atoms with Gasteiger partial charge in [-0.15, -0.1) is 0 Å². The minimum Gasteiger partial charge on any atom is -0.450 e. The number of pyridine rings is 1. The predicted octanol–water partition coefficient (Wildman–Crippen LogP) is 8.00. The fourth-order valence-corrected chi connectivity index (χ4v) is 6.79. The van der Waals surface area contributed by atoms with Crippen LogP contribution in [0.4, 0.5) is 5.69 Å². The van der Waals surface area contributed by atoms with Crippen molar-refractivity contribution < 1.29 is 23.9 Å². The number of rotatable bonds is 8. The minimum absolute atomic E-state index is 0.129. The normalized spacial score (nSPS) is 20.3. The van der Waals surface area contributed by atoms with E-state index in [1.807, 2.05) is 19.9 Å². The summed E-state index contributed by atoms with van der Waals surface area (Å²) < 4.78 is 5.90. The van der Waals surface area contributed by atoms with Crippen LogP contribution in [0.2, 0.25) is 5.02 Å². The van der Waals surface area contributed by atoms with E-state index < -0.39 is 12.1 Å². The molecule has 1 aliphatic heterocycles. The van der Waals surface area contributed by atoms with Gasteiger partial charge in [0.1, 0.15) is 0 Å². The third kappa shape index (κ3) is 5.77. The fourth-order valence-electron chi connectivity index (χ4n) is 6.63. The highest BCUT2D eigenvalue weighted by atomic mass is 35.5. The number of benzene rings is 3. The average molecular weight is 623 g/mol. The molecule has 4 atom stereocenters. The van der Waals surface area contributed by atoms with Crippen molar-refractivity contribution in [2.75, 3.05) is 4.90 Å². The van der Waals surface area contributed by atoms with Gasteiger partial charge in [0, 0.05) is 21.5 Å². The number of carbonyl (C=O) groups excluding carboxylic acids is 4. The number of Topliss-reactive ketones (excluding diaryl/α,β-unsaturated/α-hetero) is 1. The standard InChI is InChI=1S/C37H35ClN2O5/c1-4-8-32(34(41)24-9-6-5-7-10-24)45-37(44)29-20-31(39-33-22(3)30(38)18-17-26(29)33)23-12-14-25(15-13-23)40-35(42)27-16-11-21(2)19-28(27)36(40)43/h5-7,9-10,12-15,17-18,20-21,27-28,32H,4,8,11,16,19H2,1-3H3. The highest BCUT2D eigenvalue weighted by Crippen LogP contribution is 2.42. The van der Waals surface area contributed by atoms with Gasteiger partial charge in [0.15, 0.2) is 6.10 Å². The molecule has 6 rings (SSSR count). The van der Waals surface area contributed by atoms with Gasteiger partial charge in [-0.3, -0.25) is 19.3 Å². The molecular weight excluding hydrogens is 588 g/mol. The molecule has 1 aromatic heterocycles. The number of aromatic nitrogens is 1. The van der Waals surface area contributed by atoms with Gasteiger partial charge in [-0.05, 0) is 68.4 Å². The Hall–Kier alpha value is -4.36. The van der Waals surface area contributed by atoms with Gasteiger partial charge in [-0.25, -0.2) is 9.78 Å². The van der Waals surface area contributed by atoms with Crippen molar-refractivity contribution in [2.45, 2.75) is 59.0 Å². The lowest BCUT2D eigenvalue weighted by Gasteiger charge is -2.25. The van der Waals surface area contributed by atoms with Crippen molar-refractivity contribution >= 4 is 51.8 Å². The van der Waals surface area contributed by atoms with E-state index in [-0.39, 0.29) is 35.0 Å². The quantitative estimate of drug-likeness (QED) is 0.112. The van der Waals surface area contributed by atoms with Crippen LogP contribution >= 0.6 is 11.6 Å². The lowest BCUT2D eigenvalue weighted by Crippen LogP contribution is -2.30. The summed E-state index contributed by atoms with van der Waals surface area (Å²) in [7, 11) is 0. The molecule has 8 heteroatoms. The maximum atomic E-state index is 13.8. The maximum Gasteiger partial charge on any atom is 0.339 e. The number of hydrogen-bond acceptors (Lipinski definition) is 6. The number of anilines is 1. The number of esters is 1. The number of fused-ring (bicyclic) bond motifs is 2. The van der Waals surface area contributed by atoms with Crippen LogP contribution < -0.4 is 4.90 Å². The molecule has 45 heavy (non-hydrogen) atoms. The van der Waals surface area contributed by atoms with Crippen LogP contribution in [0.5, 0.6) is 0 Å². The van der Waals surface area contributed by atoms with Crippen molar-refractivity contribution in [3.05, 3.63) is 94.5 Å². The molecule has 1 saturated heterocycles. The molecule has 2 fully saturated rings. The molecular formula is C37H35ClN2O5. The molecule has 0 bridgehead atoms. The van der Waals surface area contributed by atoms with Gasteiger partial charge < -0.3 is 4.74 Å². The first-order valence-electron chi connectivity index (χ1n) is 15.6. The molecule has 2 aliphatic rings. The molecule has 0 spiro atoms. The van der Waals surface area contributed by atoms with Gasteiger partial charge in [0.25, 0.3) is 0 Å². The van der Waals surface area contributed by atoms with E-state index in [9.17, 15) is 19.2 Å². The van der Waals surface area contributed by atoms with Crippen LogP contribution in [0.25, 0.3) is 22.2 Å². The van der Waals surface area contributed by atoms with Crippen LogP contribution in [-0.4, -0.2) is 34.7 Å². The Bertz CT molecular complexity index is 1800. The number of carbonyl (C=O) groups is 4. The van der Waals surface area contributed by atoms with E-state index in [1.165, 1.54) is 4.90 Å². The van der Waals surface area contributed by atoms with Crippen molar-refractivity contribution in [2.24, 2.45) is 17.8 Å². The zero-order valence-corrected chi connectivity index (χ0v) is 26.3. The van der Waals surface area contributed by atoms with Crippen LogP contribution in [0.3, 0.4) is 0 Å². The summed E-state index contributed by atoms with van der Waals surface area (Å²) in [6, 6.07) is 21.0. The van der Waals surface area contributed by atoms with Gasteiger partial charge in [-0.1, -0.05) is 80.4 Å². The number of hydrogen-bond donors (Lipinski definition) is 0. The maximum absolute atomic E-state index is 13.8. The molecule has 3 aromatic carbocycles. The molecule has 0 N–H and O–H groups in total. The van der Waals surface area contributed by atoms with E-state index in [4.69, 9.17) is 21.3 Å². The predicted molar refractivity (Wildman–Crippen MR) is 174 cm³/mol. The molecule has 2 heterocycles. The summed E-state index contributed by atoms with van der Waals surface area (Å²) in [6.45, 7) is 5.90. The van der Waals surface area contributed by atoms with E-state index in [0.717, 1.165) is 19.3 Å². The van der Waals surface area contributed by atoms with Gasteiger partial charge >= 0.3 is 5.97 Å². The Morgan fingerprint density at radius 1 is 0.978 bits per heavy atom. The second-order valence-corrected chi connectivity index (χ2v) is 12.6. The topological polar surface area (TPSA) is 93.6 Å². The molecule has 7 nitrogen and oxygen atoms in total. The number of nitrogens with zero attached hydrogens (tertiary/aromatic N) is 2. The Labute approximate surface area is 267 Å².